The number of carboxylic acids is 1. The molecule has 1 aromatic heterocycles. The zero-order chi connectivity index (χ0) is 32.8. The van der Waals surface area contributed by atoms with Gasteiger partial charge in [0, 0.05) is 43.0 Å². The predicted molar refractivity (Wildman–Crippen MR) is 149 cm³/mol. The Hall–Kier alpha value is -3.86. The number of carboxylic acid groups (broad SMARTS) is 1. The van der Waals surface area contributed by atoms with Crippen molar-refractivity contribution in [3.63, 3.8) is 0 Å². The van der Waals surface area contributed by atoms with Gasteiger partial charge in [-0.05, 0) is 61.2 Å². The number of halogens is 4. The van der Waals surface area contributed by atoms with E-state index in [9.17, 15) is 35.6 Å². The van der Waals surface area contributed by atoms with Crippen LogP contribution in [0.15, 0.2) is 53.5 Å². The SMILES string of the molecule is CN(CCO)Cc1ccc(-c2ccc3c(=O)n(CC[C@](C)(C(=O)NO)S(C)(=O)=O)ccc3c2)c(F)c1.O=C(O)C(F)(F)F. The smallest absolute Gasteiger partial charge is 0.475 e. The molecule has 11 nitrogen and oxygen atoms in total. The summed E-state index contributed by atoms with van der Waals surface area (Å²) in [5.41, 5.74) is 2.75. The van der Waals surface area contributed by atoms with Gasteiger partial charge in [-0.1, -0.05) is 18.2 Å². The minimum Gasteiger partial charge on any atom is -0.475 e. The van der Waals surface area contributed by atoms with E-state index in [1.165, 1.54) is 29.2 Å². The monoisotopic (exact) mass is 633 g/mol. The van der Waals surface area contributed by atoms with E-state index in [0.29, 0.717) is 35.0 Å². The van der Waals surface area contributed by atoms with Crippen LogP contribution in [0.1, 0.15) is 18.9 Å². The molecule has 43 heavy (non-hydrogen) atoms. The van der Waals surface area contributed by atoms with Crippen LogP contribution in [-0.2, 0) is 32.5 Å². The van der Waals surface area contributed by atoms with Gasteiger partial charge >= 0.3 is 12.1 Å². The maximum absolute atomic E-state index is 14.9. The second kappa shape index (κ2) is 14.1. The number of likely N-dealkylation sites (N-methyl/N-ethyl adjacent to an activating group) is 1. The number of hydrogen-bond donors (Lipinski definition) is 4. The first kappa shape index (κ1) is 35.3. The number of nitrogens with one attached hydrogen (secondary N) is 1. The summed E-state index contributed by atoms with van der Waals surface area (Å²) < 4.78 is 70.3. The number of aromatic nitrogens is 1. The van der Waals surface area contributed by atoms with Crippen molar-refractivity contribution in [1.29, 1.82) is 0 Å². The van der Waals surface area contributed by atoms with E-state index < -0.39 is 38.5 Å². The molecule has 2 aromatic carbocycles. The molecular weight excluding hydrogens is 602 g/mol. The number of fused-ring (bicyclic) bond motifs is 1. The molecule has 4 N–H and O–H groups in total. The number of aliphatic hydroxyl groups excluding tert-OH is 1. The number of carbonyl (C=O) groups excluding carboxylic acids is 1. The van der Waals surface area contributed by atoms with E-state index in [-0.39, 0.29) is 25.1 Å². The van der Waals surface area contributed by atoms with E-state index in [2.05, 4.69) is 0 Å². The number of pyridine rings is 1. The van der Waals surface area contributed by atoms with E-state index in [1.54, 1.807) is 30.3 Å². The van der Waals surface area contributed by atoms with Gasteiger partial charge in [0.1, 0.15) is 5.82 Å². The van der Waals surface area contributed by atoms with E-state index in [0.717, 1.165) is 11.8 Å². The quantitative estimate of drug-likeness (QED) is 0.149. The fraction of sp³-hybridized carbons (Fsp3) is 0.370. The Morgan fingerprint density at radius 2 is 1.72 bits per heavy atom. The third kappa shape index (κ3) is 8.82. The van der Waals surface area contributed by atoms with Gasteiger partial charge in [-0.2, -0.15) is 13.2 Å². The normalized spacial score (nSPS) is 13.3. The third-order valence-electron chi connectivity index (χ3n) is 6.73. The van der Waals surface area contributed by atoms with Crippen LogP contribution >= 0.6 is 0 Å². The zero-order valence-corrected chi connectivity index (χ0v) is 24.2. The highest BCUT2D eigenvalue weighted by atomic mass is 32.2. The molecule has 0 spiro atoms. The van der Waals surface area contributed by atoms with Gasteiger partial charge in [0.25, 0.3) is 11.5 Å². The lowest BCUT2D eigenvalue weighted by Crippen LogP contribution is -2.49. The lowest BCUT2D eigenvalue weighted by molar-refractivity contribution is -0.192. The van der Waals surface area contributed by atoms with Crippen molar-refractivity contribution in [2.45, 2.75) is 37.4 Å². The van der Waals surface area contributed by atoms with Gasteiger partial charge in [0.2, 0.25) is 0 Å². The number of sulfone groups is 1. The number of nitrogens with zero attached hydrogens (tertiary/aromatic N) is 2. The number of alkyl halides is 3. The van der Waals surface area contributed by atoms with Gasteiger partial charge in [-0.3, -0.25) is 19.7 Å². The summed E-state index contributed by atoms with van der Waals surface area (Å²) in [6.45, 7) is 2.11. The Morgan fingerprint density at radius 3 is 2.23 bits per heavy atom. The number of carbonyl (C=O) groups is 2. The summed E-state index contributed by atoms with van der Waals surface area (Å²) >= 11 is 0. The average molecular weight is 634 g/mol. The van der Waals surface area contributed by atoms with Gasteiger partial charge in [0.05, 0.1) is 6.61 Å². The van der Waals surface area contributed by atoms with E-state index >= 15 is 0 Å². The molecule has 0 saturated carbocycles. The van der Waals surface area contributed by atoms with E-state index in [1.807, 2.05) is 18.0 Å². The maximum Gasteiger partial charge on any atom is 0.490 e. The molecule has 1 heterocycles. The van der Waals surface area contributed by atoms with Crippen LogP contribution in [-0.4, -0.2) is 82.6 Å². The van der Waals surface area contributed by atoms with Gasteiger partial charge in [-0.25, -0.2) is 23.1 Å². The highest BCUT2D eigenvalue weighted by Gasteiger charge is 2.43. The van der Waals surface area contributed by atoms with E-state index in [4.69, 9.17) is 20.2 Å². The molecular formula is C27H31F4N3O8S. The number of aliphatic hydroxyl groups is 1. The number of aliphatic carboxylic acids is 1. The molecule has 0 aliphatic heterocycles. The first-order chi connectivity index (χ1) is 19.8. The van der Waals surface area contributed by atoms with Crippen LogP contribution in [0, 0.1) is 5.82 Å². The van der Waals surface area contributed by atoms with Gasteiger partial charge in [-0.15, -0.1) is 0 Å². The molecule has 1 amide bonds. The summed E-state index contributed by atoms with van der Waals surface area (Å²) in [6.07, 6.45) is -2.93. The summed E-state index contributed by atoms with van der Waals surface area (Å²) in [5.74, 6) is -4.23. The van der Waals surface area contributed by atoms with Crippen molar-refractivity contribution in [1.82, 2.24) is 14.9 Å². The lowest BCUT2D eigenvalue weighted by atomic mass is 10.00. The van der Waals surface area contributed by atoms with Crippen molar-refractivity contribution in [2.24, 2.45) is 0 Å². The Kier molecular flexibility index (Phi) is 11.6. The fourth-order valence-corrected chi connectivity index (χ4v) is 4.85. The average Bonchev–Trinajstić information content (AvgIpc) is 2.91. The summed E-state index contributed by atoms with van der Waals surface area (Å²) in [4.78, 5) is 35.8. The minimum absolute atomic E-state index is 0.0187. The summed E-state index contributed by atoms with van der Waals surface area (Å²) in [5, 5.41) is 26.1. The summed E-state index contributed by atoms with van der Waals surface area (Å²) in [7, 11) is -2.06. The van der Waals surface area contributed by atoms with Crippen LogP contribution in [0.25, 0.3) is 21.9 Å². The number of benzene rings is 2. The molecule has 0 aliphatic rings. The first-order valence-corrected chi connectivity index (χ1v) is 14.4. The van der Waals surface area contributed by atoms with Crippen LogP contribution < -0.4 is 11.0 Å². The Balaban J connectivity index is 0.000000821. The van der Waals surface area contributed by atoms with Crippen LogP contribution in [0.2, 0.25) is 0 Å². The van der Waals surface area contributed by atoms with Crippen LogP contribution in [0.5, 0.6) is 0 Å². The van der Waals surface area contributed by atoms with Crippen molar-refractivity contribution in [2.75, 3.05) is 26.5 Å². The standard InChI is InChI=1S/C25H30FN3O6S.C2HF3O2/c1-25(24(32)27-33,36(3,34)35)9-11-29-10-8-19-15-18(5-7-21(19)23(29)31)20-6-4-17(14-22(20)26)16-28(2)12-13-30;3-2(4,5)1(6)7/h4-8,10,14-15,30,33H,9,11-13,16H2,1-3H3,(H,27,32);(H,6,7)/t25-;/m1./s1. The number of rotatable bonds is 10. The number of hydrogen-bond acceptors (Lipinski definition) is 8. The van der Waals surface area contributed by atoms with Gasteiger partial charge in [0.15, 0.2) is 14.6 Å². The fourth-order valence-electron chi connectivity index (χ4n) is 4.00. The van der Waals surface area contributed by atoms with Crippen LogP contribution in [0.3, 0.4) is 0 Å². The largest absolute Gasteiger partial charge is 0.490 e. The molecule has 0 aliphatic carbocycles. The first-order valence-electron chi connectivity index (χ1n) is 12.5. The molecule has 0 fully saturated rings. The second-order valence-electron chi connectivity index (χ2n) is 9.89. The van der Waals surface area contributed by atoms with Crippen molar-refractivity contribution in [3.8, 4) is 11.1 Å². The third-order valence-corrected chi connectivity index (χ3v) is 8.75. The molecule has 3 aromatic rings. The zero-order valence-electron chi connectivity index (χ0n) is 23.4. The molecule has 0 bridgehead atoms. The Bertz CT molecular complexity index is 1640. The highest BCUT2D eigenvalue weighted by Crippen LogP contribution is 2.27. The molecule has 3 rings (SSSR count). The highest BCUT2D eigenvalue weighted by molar-refractivity contribution is 7.92. The summed E-state index contributed by atoms with van der Waals surface area (Å²) in [6, 6.07) is 11.5. The lowest BCUT2D eigenvalue weighted by Gasteiger charge is -2.25. The van der Waals surface area contributed by atoms with Crippen LogP contribution in [0.4, 0.5) is 17.6 Å². The van der Waals surface area contributed by atoms with Crippen molar-refractivity contribution < 1.29 is 51.0 Å². The topological polar surface area (TPSA) is 166 Å². The number of amides is 1. The molecule has 0 saturated heterocycles. The number of hydroxylamine groups is 1. The minimum atomic E-state index is -5.08. The maximum atomic E-state index is 14.9. The Labute approximate surface area is 243 Å². The molecule has 0 radical (unpaired) electrons. The Morgan fingerprint density at radius 1 is 1.09 bits per heavy atom. The van der Waals surface area contributed by atoms with Gasteiger partial charge < -0.3 is 14.8 Å². The van der Waals surface area contributed by atoms with Crippen molar-refractivity contribution >= 4 is 32.5 Å². The number of aryl methyl sites for hydroxylation is 1. The molecule has 16 heteroatoms. The molecule has 0 unspecified atom stereocenters. The molecule has 1 atom stereocenters. The predicted octanol–water partition coefficient (Wildman–Crippen LogP) is 2.56. The molecule has 236 valence electrons. The second-order valence-corrected chi connectivity index (χ2v) is 12.3. The van der Waals surface area contributed by atoms with Crippen molar-refractivity contribution in [3.05, 3.63) is 70.4 Å².